The van der Waals surface area contributed by atoms with Crippen LogP contribution < -0.4 is 5.56 Å². The number of rotatable bonds is 1. The van der Waals surface area contributed by atoms with E-state index in [4.69, 9.17) is 0 Å². The van der Waals surface area contributed by atoms with Crippen molar-refractivity contribution in [2.45, 2.75) is 26.7 Å². The van der Waals surface area contributed by atoms with E-state index in [-0.39, 0.29) is 23.0 Å². The Kier molecular flexibility index (Phi) is 2.46. The molecule has 0 atom stereocenters. The third-order valence-electron chi connectivity index (χ3n) is 2.45. The quantitative estimate of drug-likeness (QED) is 0.799. The molecule has 2 rings (SSSR count). The zero-order valence-corrected chi connectivity index (χ0v) is 9.34. The number of hydrogen-bond donors (Lipinski definition) is 1. The highest BCUT2D eigenvalue weighted by molar-refractivity contribution is 5.52. The van der Waals surface area contributed by atoms with E-state index in [1.54, 1.807) is 13.0 Å². The van der Waals surface area contributed by atoms with Crippen LogP contribution in [0.5, 0.6) is 0 Å². The zero-order valence-electron chi connectivity index (χ0n) is 9.34. The average molecular weight is 221 g/mol. The number of H-pyrrole nitrogens is 1. The largest absolute Gasteiger partial charge is 0.313 e. The lowest BCUT2D eigenvalue weighted by molar-refractivity contribution is 0.564. The Morgan fingerprint density at radius 2 is 2.06 bits per heavy atom. The molecule has 16 heavy (non-hydrogen) atoms. The van der Waals surface area contributed by atoms with Gasteiger partial charge in [-0.2, -0.15) is 9.37 Å². The van der Waals surface area contributed by atoms with Crippen molar-refractivity contribution in [1.29, 1.82) is 0 Å². The van der Waals surface area contributed by atoms with E-state index in [0.717, 1.165) is 0 Å². The van der Waals surface area contributed by atoms with E-state index in [1.807, 2.05) is 13.8 Å². The van der Waals surface area contributed by atoms with Gasteiger partial charge in [-0.05, 0) is 18.9 Å². The molecule has 0 aromatic heterocycles. The Morgan fingerprint density at radius 3 is 2.69 bits per heavy atom. The molecular formula is C11H12FN3O. The van der Waals surface area contributed by atoms with Gasteiger partial charge < -0.3 is 4.98 Å². The molecule has 0 unspecified atom stereocenters. The second kappa shape index (κ2) is 3.66. The minimum atomic E-state index is -0.559. The summed E-state index contributed by atoms with van der Waals surface area (Å²) >= 11 is 0. The molecule has 0 aromatic rings. The van der Waals surface area contributed by atoms with Gasteiger partial charge >= 0.3 is 0 Å². The first-order chi connectivity index (χ1) is 7.49. The van der Waals surface area contributed by atoms with Gasteiger partial charge in [-0.3, -0.25) is 4.79 Å². The molecule has 0 fully saturated rings. The molecule has 2 aliphatic rings. The highest BCUT2D eigenvalue weighted by Gasteiger charge is 2.15. The van der Waals surface area contributed by atoms with Gasteiger partial charge in [-0.25, -0.2) is 4.98 Å². The van der Waals surface area contributed by atoms with Crippen LogP contribution in [0.4, 0.5) is 4.39 Å². The number of aryl methyl sites for hydroxylation is 1. The number of hydrogen-bond acceptors (Lipinski definition) is 3. The monoisotopic (exact) mass is 221 g/mol. The van der Waals surface area contributed by atoms with E-state index in [2.05, 4.69) is 15.0 Å². The van der Waals surface area contributed by atoms with Crippen molar-refractivity contribution < 1.29 is 4.39 Å². The number of nitrogens with one attached hydrogen (secondary N) is 1. The van der Waals surface area contributed by atoms with E-state index in [1.165, 1.54) is 0 Å². The maximum atomic E-state index is 13.2. The smallest absolute Gasteiger partial charge is 0.275 e. The van der Waals surface area contributed by atoms with Crippen LogP contribution in [0, 0.1) is 12.9 Å². The van der Waals surface area contributed by atoms with E-state index in [9.17, 15) is 9.18 Å². The fraction of sp³-hybridized carbons (Fsp3) is 0.364. The van der Waals surface area contributed by atoms with Crippen LogP contribution in [0.1, 0.15) is 31.0 Å². The van der Waals surface area contributed by atoms with Crippen molar-refractivity contribution in [1.82, 2.24) is 15.0 Å². The maximum Gasteiger partial charge on any atom is 0.275 e. The van der Waals surface area contributed by atoms with Gasteiger partial charge in [0.25, 0.3) is 5.56 Å². The lowest BCUT2D eigenvalue weighted by atomic mass is 10.0. The van der Waals surface area contributed by atoms with Crippen molar-refractivity contribution in [3.63, 3.8) is 0 Å². The van der Waals surface area contributed by atoms with Gasteiger partial charge in [-0.15, -0.1) is 0 Å². The highest BCUT2D eigenvalue weighted by atomic mass is 19.1. The van der Waals surface area contributed by atoms with E-state index >= 15 is 0 Å². The summed E-state index contributed by atoms with van der Waals surface area (Å²) in [5, 5.41) is 0. The van der Waals surface area contributed by atoms with Gasteiger partial charge in [0.05, 0.1) is 5.69 Å². The van der Waals surface area contributed by atoms with Crippen LogP contribution in [0.3, 0.4) is 0 Å². The predicted octanol–water partition coefficient (Wildman–Crippen LogP) is 1.84. The summed E-state index contributed by atoms with van der Waals surface area (Å²) < 4.78 is 13.2. The van der Waals surface area contributed by atoms with Crippen LogP contribution in [0.2, 0.25) is 0 Å². The highest BCUT2D eigenvalue weighted by Crippen LogP contribution is 2.18. The van der Waals surface area contributed by atoms with Gasteiger partial charge in [0.1, 0.15) is 5.69 Å². The van der Waals surface area contributed by atoms with Crippen LogP contribution >= 0.6 is 0 Å². The molecule has 2 heterocycles. The molecule has 84 valence electrons. The van der Waals surface area contributed by atoms with Gasteiger partial charge in [0.15, 0.2) is 5.82 Å². The van der Waals surface area contributed by atoms with Crippen LogP contribution in [-0.4, -0.2) is 15.0 Å². The molecule has 0 radical (unpaired) electrons. The topological polar surface area (TPSA) is 58.6 Å². The summed E-state index contributed by atoms with van der Waals surface area (Å²) in [6.45, 7) is 5.38. The number of pyridine rings is 1. The van der Waals surface area contributed by atoms with Crippen LogP contribution in [-0.2, 0) is 0 Å². The van der Waals surface area contributed by atoms with Crippen LogP contribution in [0.25, 0.3) is 11.5 Å². The minimum absolute atomic E-state index is 0.0801. The Bertz CT molecular complexity index is 562. The normalized spacial score (nSPS) is 11.3. The fourth-order valence-corrected chi connectivity index (χ4v) is 1.52. The molecule has 0 amide bonds. The second-order valence-electron chi connectivity index (χ2n) is 4.04. The Morgan fingerprint density at radius 1 is 1.38 bits per heavy atom. The van der Waals surface area contributed by atoms with Crippen LogP contribution in [0.15, 0.2) is 10.9 Å². The standard InChI is InChI=1S/C11H12FN3O/c1-5(2)7-4-8-10(15-11(7)16)14-9(12)6(3)13-8/h4-5H,1-3H3,(H,14,15,16). The molecule has 0 saturated carbocycles. The molecule has 5 heteroatoms. The molecule has 0 saturated heterocycles. The predicted molar refractivity (Wildman–Crippen MR) is 58.1 cm³/mol. The average Bonchev–Trinajstić information content (AvgIpc) is 2.19. The molecule has 2 aliphatic heterocycles. The van der Waals surface area contributed by atoms with Crippen molar-refractivity contribution >= 4 is 0 Å². The summed E-state index contributed by atoms with van der Waals surface area (Å²) in [4.78, 5) is 21.9. The first-order valence-electron chi connectivity index (χ1n) is 5.06. The first-order valence-corrected chi connectivity index (χ1v) is 5.06. The lowest BCUT2D eigenvalue weighted by Crippen LogP contribution is -2.17. The number of aromatic amines is 1. The molecule has 1 N–H and O–H groups in total. The van der Waals surface area contributed by atoms with Crippen molar-refractivity contribution in [3.05, 3.63) is 33.6 Å². The van der Waals surface area contributed by atoms with Gasteiger partial charge in [-0.1, -0.05) is 13.8 Å². The Labute approximate surface area is 91.9 Å². The van der Waals surface area contributed by atoms with Crippen molar-refractivity contribution in [3.8, 4) is 11.5 Å². The molecular weight excluding hydrogens is 209 g/mol. The number of nitrogens with zero attached hydrogens (tertiary/aromatic N) is 2. The Balaban J connectivity index is 2.76. The van der Waals surface area contributed by atoms with E-state index < -0.39 is 5.95 Å². The zero-order chi connectivity index (χ0) is 11.9. The first kappa shape index (κ1) is 10.7. The van der Waals surface area contributed by atoms with Gasteiger partial charge in [0.2, 0.25) is 5.95 Å². The summed E-state index contributed by atoms with van der Waals surface area (Å²) in [6, 6.07) is 1.66. The molecule has 0 spiro atoms. The van der Waals surface area contributed by atoms with E-state index in [0.29, 0.717) is 11.3 Å². The van der Waals surface area contributed by atoms with Crippen molar-refractivity contribution in [2.75, 3.05) is 0 Å². The summed E-state index contributed by atoms with van der Waals surface area (Å²) in [6.07, 6.45) is 0. The minimum Gasteiger partial charge on any atom is -0.313 e. The number of halogens is 1. The SMILES string of the molecule is Cc1nc2cc(C(C)C)c(=O)nc-2[nH]c1F. The molecule has 0 aromatic carbocycles. The third kappa shape index (κ3) is 1.68. The Hall–Kier alpha value is -1.78. The molecule has 0 bridgehead atoms. The summed E-state index contributed by atoms with van der Waals surface area (Å²) in [5.74, 6) is -0.286. The summed E-state index contributed by atoms with van der Waals surface area (Å²) in [7, 11) is 0. The lowest BCUT2D eigenvalue weighted by Gasteiger charge is -2.09. The second-order valence-corrected chi connectivity index (χ2v) is 4.04. The fourth-order valence-electron chi connectivity index (χ4n) is 1.52. The van der Waals surface area contributed by atoms with Gasteiger partial charge in [0, 0.05) is 5.56 Å². The third-order valence-corrected chi connectivity index (χ3v) is 2.45. The molecule has 0 aliphatic carbocycles. The maximum absolute atomic E-state index is 13.2. The number of aromatic nitrogens is 3. The van der Waals surface area contributed by atoms with Crippen molar-refractivity contribution in [2.24, 2.45) is 0 Å². The molecule has 4 nitrogen and oxygen atoms in total. The number of fused-ring (bicyclic) bond motifs is 1. The summed E-state index contributed by atoms with van der Waals surface area (Å²) in [5.41, 5.74) is 1.05.